The molecule has 72 valence electrons. The number of aryl methyl sites for hydroxylation is 1. The van der Waals surface area contributed by atoms with Crippen molar-refractivity contribution in [3.63, 3.8) is 0 Å². The maximum Gasteiger partial charge on any atom is 0.0949 e. The normalized spacial score (nSPS) is 11.3. The van der Waals surface area contributed by atoms with Crippen LogP contribution < -0.4 is 0 Å². The van der Waals surface area contributed by atoms with Gasteiger partial charge in [0.15, 0.2) is 0 Å². The van der Waals surface area contributed by atoms with Crippen molar-refractivity contribution >= 4 is 63.7 Å². The lowest BCUT2D eigenvalue weighted by Gasteiger charge is -2.09. The number of benzene rings is 1. The second kappa shape index (κ2) is 5.29. The van der Waals surface area contributed by atoms with Gasteiger partial charge in [-0.2, -0.15) is 0 Å². The fraction of sp³-hybridized carbons (Fsp3) is 0.333. The molecule has 0 nitrogen and oxygen atoms in total. The molecule has 4 heteroatoms. The quantitative estimate of drug-likeness (QED) is 0.533. The smallest absolute Gasteiger partial charge is 0.0712 e. The molecule has 0 saturated carbocycles. The summed E-state index contributed by atoms with van der Waals surface area (Å²) in [4.78, 5) is 0. The minimum atomic E-state index is 0.233. The Hall–Kier alpha value is 1.14. The Morgan fingerprint density at radius 2 is 1.62 bits per heavy atom. The molecule has 0 fully saturated rings. The molecule has 0 heterocycles. The van der Waals surface area contributed by atoms with E-state index in [1.54, 1.807) is 0 Å². The molecular formula is C9H8Br4. The lowest BCUT2D eigenvalue weighted by molar-refractivity contribution is 1.27. The zero-order chi connectivity index (χ0) is 10.0. The van der Waals surface area contributed by atoms with Crippen LogP contribution in [-0.2, 0) is 0 Å². The SMILES string of the molecule is Cc1cc(C(Br)Br)ccc1C(Br)Br. The van der Waals surface area contributed by atoms with Crippen molar-refractivity contribution in [1.29, 1.82) is 0 Å². The van der Waals surface area contributed by atoms with Crippen LogP contribution in [0.15, 0.2) is 18.2 Å². The molecule has 0 bridgehead atoms. The van der Waals surface area contributed by atoms with Crippen molar-refractivity contribution in [3.8, 4) is 0 Å². The van der Waals surface area contributed by atoms with Crippen LogP contribution in [0.2, 0.25) is 0 Å². The Labute approximate surface area is 112 Å². The largest absolute Gasteiger partial charge is 0.0949 e. The average molecular weight is 436 g/mol. The summed E-state index contributed by atoms with van der Waals surface area (Å²) in [5.74, 6) is 0. The van der Waals surface area contributed by atoms with Gasteiger partial charge in [0.05, 0.1) is 7.47 Å². The summed E-state index contributed by atoms with van der Waals surface area (Å²) < 4.78 is 0.468. The van der Waals surface area contributed by atoms with Crippen LogP contribution in [0.5, 0.6) is 0 Å². The minimum Gasteiger partial charge on any atom is -0.0712 e. The van der Waals surface area contributed by atoms with E-state index in [2.05, 4.69) is 88.8 Å². The number of hydrogen-bond acceptors (Lipinski definition) is 0. The number of alkyl halides is 4. The van der Waals surface area contributed by atoms with E-state index in [0.717, 1.165) is 0 Å². The third-order valence-electron chi connectivity index (χ3n) is 1.78. The van der Waals surface area contributed by atoms with Crippen LogP contribution in [0.3, 0.4) is 0 Å². The number of halogens is 4. The van der Waals surface area contributed by atoms with E-state index in [4.69, 9.17) is 0 Å². The monoisotopic (exact) mass is 432 g/mol. The predicted molar refractivity (Wildman–Crippen MR) is 72.4 cm³/mol. The maximum absolute atomic E-state index is 3.49. The predicted octanol–water partition coefficient (Wildman–Crippen LogP) is 5.57. The molecule has 0 atom stereocenters. The van der Waals surface area contributed by atoms with E-state index >= 15 is 0 Å². The first kappa shape index (κ1) is 12.2. The van der Waals surface area contributed by atoms with E-state index in [9.17, 15) is 0 Å². The van der Waals surface area contributed by atoms with Gasteiger partial charge < -0.3 is 0 Å². The van der Waals surface area contributed by atoms with Gasteiger partial charge in [-0.1, -0.05) is 81.9 Å². The third kappa shape index (κ3) is 3.33. The average Bonchev–Trinajstić information content (AvgIpc) is 2.03. The Morgan fingerprint density at radius 3 is 2.00 bits per heavy atom. The van der Waals surface area contributed by atoms with Crippen molar-refractivity contribution in [2.45, 2.75) is 14.4 Å². The first-order chi connectivity index (χ1) is 6.02. The first-order valence-corrected chi connectivity index (χ1v) is 7.35. The lowest BCUT2D eigenvalue weighted by atomic mass is 10.1. The molecule has 0 unspecified atom stereocenters. The molecular weight excluding hydrogens is 428 g/mol. The van der Waals surface area contributed by atoms with Gasteiger partial charge in [-0.25, -0.2) is 0 Å². The molecule has 1 aromatic rings. The molecule has 0 spiro atoms. The van der Waals surface area contributed by atoms with Gasteiger partial charge in [0, 0.05) is 0 Å². The molecule has 0 saturated heterocycles. The van der Waals surface area contributed by atoms with Gasteiger partial charge in [0.2, 0.25) is 0 Å². The summed E-state index contributed by atoms with van der Waals surface area (Å²) in [6.07, 6.45) is 0. The molecule has 0 aliphatic heterocycles. The molecule has 0 aliphatic rings. The molecule has 1 rings (SSSR count). The van der Waals surface area contributed by atoms with Crippen molar-refractivity contribution < 1.29 is 0 Å². The van der Waals surface area contributed by atoms with Crippen LogP contribution >= 0.6 is 63.7 Å². The van der Waals surface area contributed by atoms with Gasteiger partial charge in [0.1, 0.15) is 0 Å². The summed E-state index contributed by atoms with van der Waals surface area (Å²) in [5.41, 5.74) is 3.78. The molecule has 0 radical (unpaired) electrons. The zero-order valence-electron chi connectivity index (χ0n) is 6.90. The van der Waals surface area contributed by atoms with E-state index in [0.29, 0.717) is 0 Å². The fourth-order valence-electron chi connectivity index (χ4n) is 1.08. The third-order valence-corrected chi connectivity index (χ3v) is 3.82. The van der Waals surface area contributed by atoms with Crippen molar-refractivity contribution in [1.82, 2.24) is 0 Å². The van der Waals surface area contributed by atoms with Crippen LogP contribution in [0.4, 0.5) is 0 Å². The van der Waals surface area contributed by atoms with E-state index < -0.39 is 0 Å². The lowest BCUT2D eigenvalue weighted by Crippen LogP contribution is -1.89. The second-order valence-electron chi connectivity index (χ2n) is 2.72. The van der Waals surface area contributed by atoms with Crippen LogP contribution in [0, 0.1) is 6.92 Å². The van der Waals surface area contributed by atoms with Gasteiger partial charge in [-0.05, 0) is 23.6 Å². The van der Waals surface area contributed by atoms with Crippen LogP contribution in [-0.4, -0.2) is 0 Å². The number of rotatable bonds is 2. The molecule has 1 aromatic carbocycles. The van der Waals surface area contributed by atoms with Crippen LogP contribution in [0.1, 0.15) is 24.2 Å². The van der Waals surface area contributed by atoms with Gasteiger partial charge in [0.25, 0.3) is 0 Å². The highest BCUT2D eigenvalue weighted by atomic mass is 79.9. The van der Waals surface area contributed by atoms with Crippen LogP contribution in [0.25, 0.3) is 0 Å². The Bertz CT molecular complexity index is 294. The Kier molecular flexibility index (Phi) is 4.97. The zero-order valence-corrected chi connectivity index (χ0v) is 13.2. The van der Waals surface area contributed by atoms with Crippen molar-refractivity contribution in [2.75, 3.05) is 0 Å². The molecule has 0 aromatic heterocycles. The molecule has 13 heavy (non-hydrogen) atoms. The van der Waals surface area contributed by atoms with Gasteiger partial charge in [-0.3, -0.25) is 0 Å². The molecule has 0 N–H and O–H groups in total. The number of hydrogen-bond donors (Lipinski definition) is 0. The Balaban J connectivity index is 3.06. The summed E-state index contributed by atoms with van der Waals surface area (Å²) in [7, 11) is 0. The van der Waals surface area contributed by atoms with Gasteiger partial charge >= 0.3 is 0 Å². The second-order valence-corrected chi connectivity index (χ2v) is 8.84. The fourth-order valence-corrected chi connectivity index (χ4v) is 2.68. The maximum atomic E-state index is 3.49. The summed E-state index contributed by atoms with van der Waals surface area (Å²) in [5, 5.41) is 0. The van der Waals surface area contributed by atoms with Crippen molar-refractivity contribution in [2.24, 2.45) is 0 Å². The first-order valence-electron chi connectivity index (χ1n) is 3.69. The standard InChI is InChI=1S/C9H8Br4/c1-5-4-6(8(10)11)2-3-7(5)9(12)13/h2-4,8-9H,1H3. The summed E-state index contributed by atoms with van der Waals surface area (Å²) >= 11 is 13.9. The highest BCUT2D eigenvalue weighted by molar-refractivity contribution is 9.24. The van der Waals surface area contributed by atoms with Crippen molar-refractivity contribution in [3.05, 3.63) is 34.9 Å². The highest BCUT2D eigenvalue weighted by Crippen LogP contribution is 2.35. The van der Waals surface area contributed by atoms with E-state index in [1.807, 2.05) is 0 Å². The summed E-state index contributed by atoms with van der Waals surface area (Å²) in [6.45, 7) is 2.11. The topological polar surface area (TPSA) is 0 Å². The van der Waals surface area contributed by atoms with Gasteiger partial charge in [-0.15, -0.1) is 0 Å². The molecule has 0 amide bonds. The minimum absolute atomic E-state index is 0.233. The van der Waals surface area contributed by atoms with E-state index in [1.165, 1.54) is 16.7 Å². The molecule has 0 aliphatic carbocycles. The summed E-state index contributed by atoms with van der Waals surface area (Å²) in [6, 6.07) is 6.39. The highest BCUT2D eigenvalue weighted by Gasteiger charge is 2.08. The Morgan fingerprint density at radius 1 is 1.00 bits per heavy atom. The van der Waals surface area contributed by atoms with E-state index in [-0.39, 0.29) is 7.47 Å².